The van der Waals surface area contributed by atoms with Crippen molar-refractivity contribution in [1.82, 2.24) is 4.31 Å². The van der Waals surface area contributed by atoms with Gasteiger partial charge in [0.15, 0.2) is 9.84 Å². The molecule has 0 aliphatic carbocycles. The summed E-state index contributed by atoms with van der Waals surface area (Å²) in [5.41, 5.74) is 1.53. The third kappa shape index (κ3) is 4.07. The second-order valence-corrected chi connectivity index (χ2v) is 11.1. The summed E-state index contributed by atoms with van der Waals surface area (Å²) in [6, 6.07) is 4.81. The smallest absolute Gasteiger partial charge is 0.243 e. The SMILES string of the molecule is Cc1ccc(C)c(S(=O)(=O)N(C[C@H]2CCCO2)[C@@H]2CCS(=O)(=O)C2)c1. The molecule has 2 fully saturated rings. The molecule has 0 aromatic heterocycles. The van der Waals surface area contributed by atoms with Gasteiger partial charge in [0.05, 0.1) is 22.5 Å². The van der Waals surface area contributed by atoms with Gasteiger partial charge in [-0.15, -0.1) is 0 Å². The molecule has 140 valence electrons. The van der Waals surface area contributed by atoms with Crippen LogP contribution in [0.15, 0.2) is 23.1 Å². The largest absolute Gasteiger partial charge is 0.377 e. The molecule has 2 aliphatic heterocycles. The third-order valence-electron chi connectivity index (χ3n) is 4.95. The highest BCUT2D eigenvalue weighted by Crippen LogP contribution is 2.29. The van der Waals surface area contributed by atoms with Crippen molar-refractivity contribution in [2.75, 3.05) is 24.7 Å². The molecule has 0 unspecified atom stereocenters. The molecule has 2 heterocycles. The number of sulfone groups is 1. The van der Waals surface area contributed by atoms with E-state index in [4.69, 9.17) is 4.74 Å². The Kier molecular flexibility index (Phi) is 5.26. The number of hydrogen-bond acceptors (Lipinski definition) is 5. The summed E-state index contributed by atoms with van der Waals surface area (Å²) in [6.07, 6.45) is 1.89. The number of ether oxygens (including phenoxy) is 1. The second kappa shape index (κ2) is 6.98. The van der Waals surface area contributed by atoms with Crippen LogP contribution in [0.3, 0.4) is 0 Å². The van der Waals surface area contributed by atoms with Gasteiger partial charge < -0.3 is 4.74 Å². The van der Waals surface area contributed by atoms with Crippen molar-refractivity contribution in [3.05, 3.63) is 29.3 Å². The van der Waals surface area contributed by atoms with Gasteiger partial charge in [0.25, 0.3) is 0 Å². The summed E-state index contributed by atoms with van der Waals surface area (Å²) < 4.78 is 57.6. The molecule has 0 saturated carbocycles. The lowest BCUT2D eigenvalue weighted by Crippen LogP contribution is -2.45. The predicted molar refractivity (Wildman–Crippen MR) is 95.8 cm³/mol. The van der Waals surface area contributed by atoms with Crippen molar-refractivity contribution in [2.45, 2.75) is 50.2 Å². The van der Waals surface area contributed by atoms with E-state index in [1.54, 1.807) is 19.1 Å². The minimum atomic E-state index is -3.79. The summed E-state index contributed by atoms with van der Waals surface area (Å²) in [5.74, 6) is -0.0637. The number of benzene rings is 1. The fourth-order valence-electron chi connectivity index (χ4n) is 3.55. The Hall–Kier alpha value is -0.960. The summed E-state index contributed by atoms with van der Waals surface area (Å²) in [5, 5.41) is 0. The summed E-state index contributed by atoms with van der Waals surface area (Å²) in [7, 11) is -6.97. The molecular weight excluding hydrogens is 362 g/mol. The van der Waals surface area contributed by atoms with Gasteiger partial charge in [-0.1, -0.05) is 12.1 Å². The first kappa shape index (κ1) is 18.8. The highest BCUT2D eigenvalue weighted by atomic mass is 32.2. The average molecular weight is 388 g/mol. The maximum atomic E-state index is 13.4. The van der Waals surface area contributed by atoms with Crippen LogP contribution in [-0.2, 0) is 24.6 Å². The number of hydrogen-bond donors (Lipinski definition) is 0. The van der Waals surface area contributed by atoms with Gasteiger partial charge in [0.2, 0.25) is 10.0 Å². The minimum Gasteiger partial charge on any atom is -0.377 e. The topological polar surface area (TPSA) is 80.8 Å². The number of rotatable bonds is 5. The van der Waals surface area contributed by atoms with Crippen LogP contribution in [0.2, 0.25) is 0 Å². The van der Waals surface area contributed by atoms with Crippen LogP contribution in [0.4, 0.5) is 0 Å². The van der Waals surface area contributed by atoms with Crippen LogP contribution in [0.1, 0.15) is 30.4 Å². The van der Waals surface area contributed by atoms with Crippen molar-refractivity contribution in [2.24, 2.45) is 0 Å². The Balaban J connectivity index is 1.98. The molecule has 1 aromatic rings. The molecule has 6 nitrogen and oxygen atoms in total. The fraction of sp³-hybridized carbons (Fsp3) is 0.647. The molecular formula is C17H25NO5S2. The van der Waals surface area contributed by atoms with E-state index < -0.39 is 25.9 Å². The summed E-state index contributed by atoms with van der Waals surface area (Å²) in [4.78, 5) is 0.259. The van der Waals surface area contributed by atoms with Crippen molar-refractivity contribution in [3.63, 3.8) is 0 Å². The quantitative estimate of drug-likeness (QED) is 0.768. The first-order valence-corrected chi connectivity index (χ1v) is 11.9. The van der Waals surface area contributed by atoms with E-state index in [0.717, 1.165) is 18.4 Å². The lowest BCUT2D eigenvalue weighted by atomic mass is 10.2. The number of sulfonamides is 1. The van der Waals surface area contributed by atoms with Crippen molar-refractivity contribution >= 4 is 19.9 Å². The van der Waals surface area contributed by atoms with E-state index in [9.17, 15) is 16.8 Å². The Morgan fingerprint density at radius 3 is 2.60 bits per heavy atom. The zero-order chi connectivity index (χ0) is 18.2. The van der Waals surface area contributed by atoms with Crippen LogP contribution < -0.4 is 0 Å². The Morgan fingerprint density at radius 1 is 1.24 bits per heavy atom. The predicted octanol–water partition coefficient (Wildman–Crippen LogP) is 1.66. The van der Waals surface area contributed by atoms with Crippen LogP contribution in [0, 0.1) is 13.8 Å². The lowest BCUT2D eigenvalue weighted by Gasteiger charge is -2.30. The molecule has 0 N–H and O–H groups in total. The average Bonchev–Trinajstić information content (AvgIpc) is 3.16. The molecule has 0 amide bonds. The first-order valence-electron chi connectivity index (χ1n) is 8.60. The van der Waals surface area contributed by atoms with Gasteiger partial charge in [0, 0.05) is 19.2 Å². The Labute approximate surface area is 150 Å². The molecule has 1 aromatic carbocycles. The molecule has 3 rings (SSSR count). The third-order valence-corrected chi connectivity index (χ3v) is 8.76. The standard InChI is InChI=1S/C17H25NO5S2/c1-13-5-6-14(2)17(10-13)25(21,22)18(11-16-4-3-8-23-16)15-7-9-24(19,20)12-15/h5-6,10,15-16H,3-4,7-9,11-12H2,1-2H3/t15-,16-/m1/s1. The lowest BCUT2D eigenvalue weighted by molar-refractivity contribution is 0.0877. The highest BCUT2D eigenvalue weighted by molar-refractivity contribution is 7.92. The molecule has 25 heavy (non-hydrogen) atoms. The Bertz CT molecular complexity index is 842. The van der Waals surface area contributed by atoms with Gasteiger partial charge in [-0.25, -0.2) is 16.8 Å². The first-order chi connectivity index (χ1) is 11.7. The monoisotopic (exact) mass is 387 g/mol. The van der Waals surface area contributed by atoms with Crippen LogP contribution >= 0.6 is 0 Å². The van der Waals surface area contributed by atoms with Gasteiger partial charge in [0.1, 0.15) is 0 Å². The Morgan fingerprint density at radius 2 is 2.00 bits per heavy atom. The van der Waals surface area contributed by atoms with Gasteiger partial charge in [-0.2, -0.15) is 4.31 Å². The van der Waals surface area contributed by atoms with Gasteiger partial charge in [-0.3, -0.25) is 0 Å². The molecule has 2 saturated heterocycles. The van der Waals surface area contributed by atoms with E-state index >= 15 is 0 Å². The molecule has 2 atom stereocenters. The number of nitrogens with zero attached hydrogens (tertiary/aromatic N) is 1. The zero-order valence-electron chi connectivity index (χ0n) is 14.6. The van der Waals surface area contributed by atoms with Gasteiger partial charge in [-0.05, 0) is 50.3 Å². The fourth-order valence-corrected chi connectivity index (χ4v) is 7.37. The van der Waals surface area contributed by atoms with Crippen molar-refractivity contribution in [1.29, 1.82) is 0 Å². The zero-order valence-corrected chi connectivity index (χ0v) is 16.3. The summed E-state index contributed by atoms with van der Waals surface area (Å²) in [6.45, 7) is 4.46. The van der Waals surface area contributed by atoms with Crippen LogP contribution in [0.5, 0.6) is 0 Å². The van der Waals surface area contributed by atoms with Crippen molar-refractivity contribution in [3.8, 4) is 0 Å². The van der Waals surface area contributed by atoms with Crippen LogP contribution in [-0.4, -0.2) is 57.9 Å². The van der Waals surface area contributed by atoms with E-state index in [-0.39, 0.29) is 29.0 Å². The van der Waals surface area contributed by atoms with Gasteiger partial charge >= 0.3 is 0 Å². The van der Waals surface area contributed by atoms with Crippen LogP contribution in [0.25, 0.3) is 0 Å². The second-order valence-electron chi connectivity index (χ2n) is 7.04. The van der Waals surface area contributed by atoms with E-state index in [1.165, 1.54) is 4.31 Å². The molecule has 0 radical (unpaired) electrons. The normalized spacial score (nSPS) is 26.4. The van der Waals surface area contributed by atoms with E-state index in [0.29, 0.717) is 18.6 Å². The minimum absolute atomic E-state index is 0.0437. The maximum Gasteiger partial charge on any atom is 0.243 e. The van der Waals surface area contributed by atoms with Crippen molar-refractivity contribution < 1.29 is 21.6 Å². The summed E-state index contributed by atoms with van der Waals surface area (Å²) >= 11 is 0. The highest BCUT2D eigenvalue weighted by Gasteiger charge is 2.40. The maximum absolute atomic E-state index is 13.4. The van der Waals surface area contributed by atoms with E-state index in [1.807, 2.05) is 13.0 Å². The van der Waals surface area contributed by atoms with E-state index in [2.05, 4.69) is 0 Å². The molecule has 0 spiro atoms. The molecule has 0 bridgehead atoms. The molecule has 2 aliphatic rings. The number of aryl methyl sites for hydroxylation is 2. The molecule has 8 heteroatoms.